The van der Waals surface area contributed by atoms with E-state index in [-0.39, 0.29) is 22.4 Å². The molecule has 0 saturated carbocycles. The average Bonchev–Trinajstić information content (AvgIpc) is 2.63. The molecule has 10 heteroatoms. The van der Waals surface area contributed by atoms with Crippen molar-refractivity contribution in [1.29, 1.82) is 5.41 Å². The highest BCUT2D eigenvalue weighted by Crippen LogP contribution is 2.29. The van der Waals surface area contributed by atoms with E-state index in [9.17, 15) is 8.42 Å². The first-order valence-corrected chi connectivity index (χ1v) is 9.87. The second-order valence-corrected chi connectivity index (χ2v) is 7.35. The van der Waals surface area contributed by atoms with Crippen LogP contribution in [0.25, 0.3) is 0 Å². The minimum atomic E-state index is -4.06. The maximum atomic E-state index is 12.6. The molecule has 0 radical (unpaired) electrons. The summed E-state index contributed by atoms with van der Waals surface area (Å²) in [6, 6.07) is 11.2. The largest absolute Gasteiger partial charge is 0.495 e. The Morgan fingerprint density at radius 3 is 2.61 bits per heavy atom. The van der Waals surface area contributed by atoms with Gasteiger partial charge < -0.3 is 19.4 Å². The number of nitrogens with one attached hydrogen (secondary N) is 3. The lowest BCUT2D eigenvalue weighted by Crippen LogP contribution is -2.42. The van der Waals surface area contributed by atoms with E-state index >= 15 is 0 Å². The molecule has 0 unspecified atom stereocenters. The van der Waals surface area contributed by atoms with Crippen molar-refractivity contribution < 1.29 is 22.1 Å². The first kappa shape index (κ1) is 21.3. The van der Waals surface area contributed by atoms with Gasteiger partial charge in [-0.05, 0) is 43.2 Å². The molecule has 0 saturated heterocycles. The molecular weight excluding hydrogens is 384 g/mol. The van der Waals surface area contributed by atoms with E-state index in [2.05, 4.69) is 10.9 Å². The van der Waals surface area contributed by atoms with E-state index in [1.54, 1.807) is 30.3 Å². The Morgan fingerprint density at radius 1 is 1.18 bits per heavy atom. The number of aryl methyl sites for hydroxylation is 1. The number of ether oxygens (including phenoxy) is 2. The molecule has 0 amide bonds. The Bertz CT molecular complexity index is 918. The Hall–Kier alpha value is -2.98. The average molecular weight is 408 g/mol. The van der Waals surface area contributed by atoms with Gasteiger partial charge in [0.25, 0.3) is 0 Å². The summed E-state index contributed by atoms with van der Waals surface area (Å²) < 4.78 is 41.2. The van der Waals surface area contributed by atoms with Gasteiger partial charge in [-0.25, -0.2) is 5.43 Å². The van der Waals surface area contributed by atoms with Crippen LogP contribution in [0, 0.1) is 12.3 Å². The zero-order valence-corrected chi connectivity index (χ0v) is 16.5. The van der Waals surface area contributed by atoms with Gasteiger partial charge in [-0.15, -0.1) is 0 Å². The molecule has 0 spiro atoms. The number of rotatable bonds is 10. The first-order valence-electron chi connectivity index (χ1n) is 8.47. The third-order valence-electron chi connectivity index (χ3n) is 3.51. The van der Waals surface area contributed by atoms with Crippen LogP contribution in [0.4, 0.5) is 0 Å². The molecule has 2 rings (SSSR count). The molecule has 0 atom stereocenters. The Kier molecular flexibility index (Phi) is 7.47. The smallest absolute Gasteiger partial charge is 0.342 e. The number of guanidine groups is 1. The van der Waals surface area contributed by atoms with Crippen molar-refractivity contribution in [2.24, 2.45) is 5.73 Å². The number of hydrogen-bond donors (Lipinski definition) is 4. The second kappa shape index (κ2) is 9.81. The van der Waals surface area contributed by atoms with Crippen LogP contribution in [-0.4, -0.2) is 34.6 Å². The summed E-state index contributed by atoms with van der Waals surface area (Å²) in [5.74, 6) is 0.679. The van der Waals surface area contributed by atoms with Crippen LogP contribution in [0.1, 0.15) is 12.0 Å². The topological polar surface area (TPSA) is 136 Å². The monoisotopic (exact) mass is 408 g/mol. The van der Waals surface area contributed by atoms with Crippen molar-refractivity contribution in [3.63, 3.8) is 0 Å². The lowest BCUT2D eigenvalue weighted by atomic mass is 10.2. The van der Waals surface area contributed by atoms with Gasteiger partial charge in [0.15, 0.2) is 5.96 Å². The fourth-order valence-electron chi connectivity index (χ4n) is 2.35. The Labute approximate surface area is 164 Å². The van der Waals surface area contributed by atoms with Gasteiger partial charge >= 0.3 is 10.1 Å². The molecule has 2 aromatic carbocycles. The molecule has 2 aromatic rings. The van der Waals surface area contributed by atoms with Crippen molar-refractivity contribution in [3.8, 4) is 17.2 Å². The third-order valence-corrected chi connectivity index (χ3v) is 4.79. The van der Waals surface area contributed by atoms with Crippen LogP contribution in [0.5, 0.6) is 17.2 Å². The quantitative estimate of drug-likeness (QED) is 0.153. The van der Waals surface area contributed by atoms with Gasteiger partial charge in [-0.2, -0.15) is 8.42 Å². The van der Waals surface area contributed by atoms with Crippen molar-refractivity contribution in [3.05, 3.63) is 48.0 Å². The SMILES string of the molecule is COc1ccccc1S(=O)(=O)Oc1cc(C)cc(OCCCNNC(=N)N)c1. The van der Waals surface area contributed by atoms with Crippen LogP contribution in [0.3, 0.4) is 0 Å². The number of nitrogens with two attached hydrogens (primary N) is 1. The molecule has 152 valence electrons. The molecule has 0 aliphatic carbocycles. The van der Waals surface area contributed by atoms with E-state index in [1.807, 2.05) is 6.92 Å². The van der Waals surface area contributed by atoms with Crippen molar-refractivity contribution >= 4 is 16.1 Å². The molecule has 9 nitrogen and oxygen atoms in total. The summed E-state index contributed by atoms with van der Waals surface area (Å²) in [5, 5.41) is 7.02. The van der Waals surface area contributed by atoms with Crippen LogP contribution in [0.15, 0.2) is 47.4 Å². The summed E-state index contributed by atoms with van der Waals surface area (Å²) in [7, 11) is -2.66. The molecule has 0 aliphatic heterocycles. The van der Waals surface area contributed by atoms with Gasteiger partial charge in [0.1, 0.15) is 22.1 Å². The van der Waals surface area contributed by atoms with E-state index in [4.69, 9.17) is 24.8 Å². The summed E-state index contributed by atoms with van der Waals surface area (Å²) >= 11 is 0. The maximum Gasteiger partial charge on any atom is 0.342 e. The predicted molar refractivity (Wildman–Crippen MR) is 105 cm³/mol. The van der Waals surface area contributed by atoms with Gasteiger partial charge in [-0.3, -0.25) is 10.8 Å². The minimum absolute atomic E-state index is 0.0504. The van der Waals surface area contributed by atoms with E-state index in [0.717, 1.165) is 5.56 Å². The molecule has 0 heterocycles. The van der Waals surface area contributed by atoms with E-state index in [1.165, 1.54) is 19.2 Å². The van der Waals surface area contributed by atoms with E-state index in [0.29, 0.717) is 25.3 Å². The van der Waals surface area contributed by atoms with Gasteiger partial charge in [0, 0.05) is 12.6 Å². The number of benzene rings is 2. The normalized spacial score (nSPS) is 10.9. The highest BCUT2D eigenvalue weighted by atomic mass is 32.2. The van der Waals surface area contributed by atoms with Crippen molar-refractivity contribution in [2.75, 3.05) is 20.3 Å². The minimum Gasteiger partial charge on any atom is -0.495 e. The molecule has 0 bridgehead atoms. The zero-order chi connectivity index (χ0) is 20.6. The Morgan fingerprint density at radius 2 is 1.89 bits per heavy atom. The third kappa shape index (κ3) is 6.32. The highest BCUT2D eigenvalue weighted by molar-refractivity contribution is 7.87. The van der Waals surface area contributed by atoms with Crippen LogP contribution < -0.4 is 30.2 Å². The van der Waals surface area contributed by atoms with Crippen LogP contribution in [0.2, 0.25) is 0 Å². The molecule has 5 N–H and O–H groups in total. The number of para-hydroxylation sites is 1. The predicted octanol–water partition coefficient (Wildman–Crippen LogP) is 1.53. The number of hydrogen-bond acceptors (Lipinski definition) is 7. The van der Waals surface area contributed by atoms with Crippen molar-refractivity contribution in [2.45, 2.75) is 18.2 Å². The zero-order valence-electron chi connectivity index (χ0n) is 15.7. The number of hydrazine groups is 1. The molecule has 28 heavy (non-hydrogen) atoms. The maximum absolute atomic E-state index is 12.6. The molecular formula is C18H24N4O5S. The van der Waals surface area contributed by atoms with Gasteiger partial charge in [0.05, 0.1) is 13.7 Å². The summed E-state index contributed by atoms with van der Waals surface area (Å²) in [5.41, 5.74) is 11.2. The fraction of sp³-hybridized carbons (Fsp3) is 0.278. The Balaban J connectivity index is 2.03. The van der Waals surface area contributed by atoms with Crippen LogP contribution in [-0.2, 0) is 10.1 Å². The standard InChI is InChI=1S/C18H24N4O5S/c1-13-10-14(26-9-5-8-21-22-18(19)20)12-15(11-13)27-28(23,24)17-7-4-3-6-16(17)25-2/h3-4,6-7,10-12,21H,5,8-9H2,1-2H3,(H4,19,20,22). The summed E-state index contributed by atoms with van der Waals surface area (Å²) in [6.07, 6.45) is 0.643. The van der Waals surface area contributed by atoms with Gasteiger partial charge in [0.2, 0.25) is 0 Å². The number of methoxy groups -OCH3 is 1. The highest BCUT2D eigenvalue weighted by Gasteiger charge is 2.21. The summed E-state index contributed by atoms with van der Waals surface area (Å²) in [6.45, 7) is 2.74. The van der Waals surface area contributed by atoms with Crippen LogP contribution >= 0.6 is 0 Å². The molecule has 0 aliphatic rings. The first-order chi connectivity index (χ1) is 13.3. The van der Waals surface area contributed by atoms with E-state index < -0.39 is 10.1 Å². The van der Waals surface area contributed by atoms with Crippen molar-refractivity contribution in [1.82, 2.24) is 10.9 Å². The second-order valence-electron chi connectivity index (χ2n) is 5.84. The molecule has 0 fully saturated rings. The summed E-state index contributed by atoms with van der Waals surface area (Å²) in [4.78, 5) is -0.0504. The fourth-order valence-corrected chi connectivity index (χ4v) is 3.43. The lowest BCUT2D eigenvalue weighted by molar-refractivity contribution is 0.306. The lowest BCUT2D eigenvalue weighted by Gasteiger charge is -2.13. The molecule has 0 aromatic heterocycles. The van der Waals surface area contributed by atoms with Gasteiger partial charge in [-0.1, -0.05) is 12.1 Å².